The summed E-state index contributed by atoms with van der Waals surface area (Å²) >= 11 is 0. The van der Waals surface area contributed by atoms with Crippen LogP contribution in [0.1, 0.15) is 0 Å². The van der Waals surface area contributed by atoms with Gasteiger partial charge in [0.2, 0.25) is 0 Å². The molecule has 2 aromatic rings. The number of hydrogen-bond acceptors (Lipinski definition) is 4. The van der Waals surface area contributed by atoms with Gasteiger partial charge in [0.15, 0.2) is 0 Å². The molecule has 1 aromatic heterocycles. The van der Waals surface area contributed by atoms with E-state index in [1.807, 2.05) is 42.3 Å². The monoisotopic (exact) mass is 200 g/mol. The third-order valence-corrected chi connectivity index (χ3v) is 2.16. The minimum Gasteiger partial charge on any atom is -0.384 e. The Balaban J connectivity index is 2.32. The molecule has 0 amide bonds. The quantitative estimate of drug-likeness (QED) is 0.803. The van der Waals surface area contributed by atoms with Crippen LogP contribution in [0.25, 0.3) is 0 Å². The molecule has 4 heteroatoms. The van der Waals surface area contributed by atoms with Gasteiger partial charge < -0.3 is 10.6 Å². The van der Waals surface area contributed by atoms with Crippen molar-refractivity contribution in [2.75, 3.05) is 17.7 Å². The molecule has 76 valence electrons. The second-order valence-corrected chi connectivity index (χ2v) is 3.20. The summed E-state index contributed by atoms with van der Waals surface area (Å²) in [5.74, 6) is 1.26. The van der Waals surface area contributed by atoms with Crippen molar-refractivity contribution >= 4 is 17.3 Å². The Labute approximate surface area is 88.4 Å². The zero-order valence-electron chi connectivity index (χ0n) is 8.46. The Morgan fingerprint density at radius 1 is 1.13 bits per heavy atom. The van der Waals surface area contributed by atoms with E-state index in [-0.39, 0.29) is 0 Å². The molecular weight excluding hydrogens is 188 g/mol. The molecule has 1 aromatic carbocycles. The van der Waals surface area contributed by atoms with E-state index in [1.54, 1.807) is 6.07 Å². The molecule has 0 aliphatic carbocycles. The summed E-state index contributed by atoms with van der Waals surface area (Å²) in [7, 11) is 1.94. The number of nitrogens with zero attached hydrogens (tertiary/aromatic N) is 3. The minimum absolute atomic E-state index is 0.475. The molecule has 0 spiro atoms. The highest BCUT2D eigenvalue weighted by atomic mass is 15.2. The number of nitrogens with two attached hydrogens (primary N) is 1. The van der Waals surface area contributed by atoms with Crippen LogP contribution in [0.4, 0.5) is 17.3 Å². The molecule has 0 saturated carbocycles. The van der Waals surface area contributed by atoms with Crippen molar-refractivity contribution < 1.29 is 0 Å². The number of rotatable bonds is 2. The van der Waals surface area contributed by atoms with Gasteiger partial charge >= 0.3 is 0 Å². The molecule has 0 aliphatic heterocycles. The molecule has 2 N–H and O–H groups in total. The first-order chi connectivity index (χ1) is 7.27. The van der Waals surface area contributed by atoms with E-state index in [1.165, 1.54) is 6.33 Å². The van der Waals surface area contributed by atoms with E-state index >= 15 is 0 Å². The Hall–Kier alpha value is -2.10. The van der Waals surface area contributed by atoms with Gasteiger partial charge in [-0.15, -0.1) is 0 Å². The minimum atomic E-state index is 0.475. The summed E-state index contributed by atoms with van der Waals surface area (Å²) in [6.45, 7) is 0. The van der Waals surface area contributed by atoms with Gasteiger partial charge in [-0.3, -0.25) is 0 Å². The average molecular weight is 200 g/mol. The van der Waals surface area contributed by atoms with Crippen LogP contribution in [0.2, 0.25) is 0 Å². The SMILES string of the molecule is CN(c1ccccc1)c1cc(N)ncn1. The smallest absolute Gasteiger partial charge is 0.138 e. The fourth-order valence-corrected chi connectivity index (χ4v) is 1.33. The van der Waals surface area contributed by atoms with Crippen LogP contribution in [0.5, 0.6) is 0 Å². The maximum absolute atomic E-state index is 5.60. The number of anilines is 3. The van der Waals surface area contributed by atoms with Crippen LogP contribution in [0.3, 0.4) is 0 Å². The maximum Gasteiger partial charge on any atom is 0.138 e. The molecule has 0 saturated heterocycles. The summed E-state index contributed by atoms with van der Waals surface area (Å²) in [6.07, 6.45) is 1.46. The van der Waals surface area contributed by atoms with Gasteiger partial charge in [-0.1, -0.05) is 18.2 Å². The van der Waals surface area contributed by atoms with Crippen LogP contribution in [-0.4, -0.2) is 17.0 Å². The summed E-state index contributed by atoms with van der Waals surface area (Å²) in [5, 5.41) is 0. The fraction of sp³-hybridized carbons (Fsp3) is 0.0909. The fourth-order valence-electron chi connectivity index (χ4n) is 1.33. The van der Waals surface area contributed by atoms with Gasteiger partial charge in [0.25, 0.3) is 0 Å². The van der Waals surface area contributed by atoms with Crippen molar-refractivity contribution in [1.82, 2.24) is 9.97 Å². The normalized spacial score (nSPS) is 9.93. The van der Waals surface area contributed by atoms with Gasteiger partial charge in [-0.05, 0) is 12.1 Å². The van der Waals surface area contributed by atoms with Crippen molar-refractivity contribution in [3.05, 3.63) is 42.7 Å². The van der Waals surface area contributed by atoms with Crippen molar-refractivity contribution in [2.45, 2.75) is 0 Å². The second-order valence-electron chi connectivity index (χ2n) is 3.20. The zero-order valence-corrected chi connectivity index (χ0v) is 8.46. The molecule has 15 heavy (non-hydrogen) atoms. The first-order valence-electron chi connectivity index (χ1n) is 4.63. The Morgan fingerprint density at radius 2 is 1.87 bits per heavy atom. The summed E-state index contributed by atoms with van der Waals surface area (Å²) < 4.78 is 0. The van der Waals surface area contributed by atoms with Crippen LogP contribution in [0.15, 0.2) is 42.7 Å². The summed E-state index contributed by atoms with van der Waals surface area (Å²) in [6, 6.07) is 11.7. The van der Waals surface area contributed by atoms with Crippen LogP contribution in [0, 0.1) is 0 Å². The van der Waals surface area contributed by atoms with Gasteiger partial charge in [0.1, 0.15) is 18.0 Å². The number of aromatic nitrogens is 2. The molecule has 0 aliphatic rings. The first-order valence-corrected chi connectivity index (χ1v) is 4.63. The highest BCUT2D eigenvalue weighted by Gasteiger charge is 2.04. The average Bonchev–Trinajstić information content (AvgIpc) is 2.29. The lowest BCUT2D eigenvalue weighted by atomic mass is 10.3. The van der Waals surface area contributed by atoms with Crippen LogP contribution < -0.4 is 10.6 Å². The number of benzene rings is 1. The van der Waals surface area contributed by atoms with Crippen molar-refractivity contribution in [3.63, 3.8) is 0 Å². The largest absolute Gasteiger partial charge is 0.384 e. The zero-order chi connectivity index (χ0) is 10.7. The Kier molecular flexibility index (Phi) is 2.49. The van der Waals surface area contributed by atoms with E-state index in [0.717, 1.165) is 11.5 Å². The van der Waals surface area contributed by atoms with E-state index < -0.39 is 0 Å². The third-order valence-electron chi connectivity index (χ3n) is 2.16. The molecule has 0 atom stereocenters. The lowest BCUT2D eigenvalue weighted by Gasteiger charge is -2.17. The maximum atomic E-state index is 5.60. The summed E-state index contributed by atoms with van der Waals surface area (Å²) in [5.41, 5.74) is 6.66. The van der Waals surface area contributed by atoms with Crippen LogP contribution >= 0.6 is 0 Å². The van der Waals surface area contributed by atoms with Gasteiger partial charge in [-0.2, -0.15) is 0 Å². The molecule has 0 unspecified atom stereocenters. The van der Waals surface area contributed by atoms with E-state index in [2.05, 4.69) is 9.97 Å². The first kappa shape index (κ1) is 9.45. The van der Waals surface area contributed by atoms with Gasteiger partial charge in [0, 0.05) is 18.8 Å². The van der Waals surface area contributed by atoms with Crippen molar-refractivity contribution in [1.29, 1.82) is 0 Å². The number of hydrogen-bond donors (Lipinski definition) is 1. The van der Waals surface area contributed by atoms with E-state index in [4.69, 9.17) is 5.73 Å². The van der Waals surface area contributed by atoms with Crippen LogP contribution in [-0.2, 0) is 0 Å². The topological polar surface area (TPSA) is 55.0 Å². The molecular formula is C11H12N4. The molecule has 0 radical (unpaired) electrons. The summed E-state index contributed by atoms with van der Waals surface area (Å²) in [4.78, 5) is 9.96. The number of para-hydroxylation sites is 1. The Morgan fingerprint density at radius 3 is 2.53 bits per heavy atom. The standard InChI is InChI=1S/C11H12N4/c1-15(9-5-3-2-4-6-9)11-7-10(12)13-8-14-11/h2-8H,1H3,(H2,12,13,14). The predicted octanol–water partition coefficient (Wildman–Crippen LogP) is 1.83. The van der Waals surface area contributed by atoms with Gasteiger partial charge in [-0.25, -0.2) is 9.97 Å². The lowest BCUT2D eigenvalue weighted by molar-refractivity contribution is 1.08. The number of nitrogen functional groups attached to an aromatic ring is 1. The van der Waals surface area contributed by atoms with Crippen molar-refractivity contribution in [3.8, 4) is 0 Å². The lowest BCUT2D eigenvalue weighted by Crippen LogP contribution is -2.11. The molecule has 2 rings (SSSR count). The molecule has 0 bridgehead atoms. The predicted molar refractivity (Wildman–Crippen MR) is 60.9 cm³/mol. The van der Waals surface area contributed by atoms with E-state index in [0.29, 0.717) is 5.82 Å². The Bertz CT molecular complexity index is 441. The van der Waals surface area contributed by atoms with E-state index in [9.17, 15) is 0 Å². The molecule has 0 fully saturated rings. The van der Waals surface area contributed by atoms with Gasteiger partial charge in [0.05, 0.1) is 0 Å². The van der Waals surface area contributed by atoms with Crippen molar-refractivity contribution in [2.24, 2.45) is 0 Å². The highest BCUT2D eigenvalue weighted by Crippen LogP contribution is 2.20. The third kappa shape index (κ3) is 2.04. The molecule has 1 heterocycles. The highest BCUT2D eigenvalue weighted by molar-refractivity contribution is 5.60. The second kappa shape index (κ2) is 3.96. The molecule has 4 nitrogen and oxygen atoms in total.